The van der Waals surface area contributed by atoms with Crippen molar-refractivity contribution in [2.24, 2.45) is 0 Å². The minimum Gasteiger partial charge on any atom is -0.379 e. The molecule has 90 valence electrons. The maximum absolute atomic E-state index is 12.6. The molecule has 16 heavy (non-hydrogen) atoms. The molecular formula is C10H12ClFO3S. The number of hydrogen-bond acceptors (Lipinski definition) is 3. The summed E-state index contributed by atoms with van der Waals surface area (Å²) in [5.41, 5.74) is 0. The van der Waals surface area contributed by atoms with Crippen molar-refractivity contribution in [2.45, 2.75) is 4.90 Å². The average Bonchev–Trinajstić information content (AvgIpc) is 2.25. The molecular weight excluding hydrogens is 255 g/mol. The number of alkyl halides is 1. The fourth-order valence-electron chi connectivity index (χ4n) is 1.09. The fraction of sp³-hybridized carbons (Fsp3) is 0.400. The van der Waals surface area contributed by atoms with Crippen LogP contribution in [0.4, 0.5) is 4.39 Å². The highest BCUT2D eigenvalue weighted by Gasteiger charge is 2.13. The van der Waals surface area contributed by atoms with Gasteiger partial charge in [-0.05, 0) is 24.3 Å². The molecule has 0 aromatic heterocycles. The Morgan fingerprint density at radius 1 is 1.19 bits per heavy atom. The van der Waals surface area contributed by atoms with Gasteiger partial charge >= 0.3 is 0 Å². The molecule has 0 saturated carbocycles. The van der Waals surface area contributed by atoms with Gasteiger partial charge in [-0.15, -0.1) is 11.6 Å². The Kier molecular flexibility index (Phi) is 5.18. The topological polar surface area (TPSA) is 43.4 Å². The third-order valence-electron chi connectivity index (χ3n) is 1.89. The predicted molar refractivity (Wildman–Crippen MR) is 60.0 cm³/mol. The summed E-state index contributed by atoms with van der Waals surface area (Å²) in [7, 11) is -3.39. The highest BCUT2D eigenvalue weighted by atomic mass is 35.5. The van der Waals surface area contributed by atoms with Gasteiger partial charge in [-0.1, -0.05) is 0 Å². The third-order valence-corrected chi connectivity index (χ3v) is 3.74. The Labute approximate surface area is 99.1 Å². The Bertz CT molecular complexity index is 416. The molecule has 0 heterocycles. The van der Waals surface area contributed by atoms with E-state index < -0.39 is 15.7 Å². The Morgan fingerprint density at radius 3 is 2.38 bits per heavy atom. The highest BCUT2D eigenvalue weighted by Crippen LogP contribution is 2.11. The predicted octanol–water partition coefficient (Wildman–Crippen LogP) is 1.85. The second-order valence-corrected chi connectivity index (χ2v) is 5.56. The number of hydrogen-bond donors (Lipinski definition) is 0. The number of rotatable bonds is 6. The number of sulfone groups is 1. The van der Waals surface area contributed by atoms with E-state index in [9.17, 15) is 12.8 Å². The normalized spacial score (nSPS) is 11.6. The van der Waals surface area contributed by atoms with Gasteiger partial charge in [0.1, 0.15) is 5.82 Å². The quantitative estimate of drug-likeness (QED) is 0.448. The fourth-order valence-corrected chi connectivity index (χ4v) is 2.32. The standard InChI is InChI=1S/C10H12ClFO3S/c11-5-6-15-7-8-16(13,14)10-3-1-9(12)2-4-10/h1-4H,5-8H2. The summed E-state index contributed by atoms with van der Waals surface area (Å²) in [6.07, 6.45) is 0. The van der Waals surface area contributed by atoms with E-state index >= 15 is 0 Å². The molecule has 0 N–H and O–H groups in total. The van der Waals surface area contributed by atoms with Crippen molar-refractivity contribution < 1.29 is 17.5 Å². The monoisotopic (exact) mass is 266 g/mol. The molecule has 0 saturated heterocycles. The number of halogens is 2. The first-order valence-corrected chi connectivity index (χ1v) is 6.87. The van der Waals surface area contributed by atoms with Crippen molar-refractivity contribution in [3.8, 4) is 0 Å². The summed E-state index contributed by atoms with van der Waals surface area (Å²) in [6.45, 7) is 0.410. The van der Waals surface area contributed by atoms with Gasteiger partial charge in [-0.2, -0.15) is 0 Å². The van der Waals surface area contributed by atoms with Crippen molar-refractivity contribution in [1.29, 1.82) is 0 Å². The molecule has 0 aliphatic carbocycles. The lowest BCUT2D eigenvalue weighted by atomic mass is 10.4. The van der Waals surface area contributed by atoms with Crippen LogP contribution in [0.3, 0.4) is 0 Å². The minimum atomic E-state index is -3.39. The summed E-state index contributed by atoms with van der Waals surface area (Å²) < 4.78 is 40.9. The first-order valence-electron chi connectivity index (χ1n) is 4.68. The van der Waals surface area contributed by atoms with Gasteiger partial charge in [0.15, 0.2) is 9.84 Å². The summed E-state index contributed by atoms with van der Waals surface area (Å²) >= 11 is 5.37. The van der Waals surface area contributed by atoms with Crippen molar-refractivity contribution in [3.63, 3.8) is 0 Å². The van der Waals surface area contributed by atoms with E-state index in [0.717, 1.165) is 12.1 Å². The lowest BCUT2D eigenvalue weighted by Gasteiger charge is -2.04. The molecule has 3 nitrogen and oxygen atoms in total. The minimum absolute atomic E-state index is 0.0897. The second-order valence-electron chi connectivity index (χ2n) is 3.07. The molecule has 0 unspecified atom stereocenters. The second kappa shape index (κ2) is 6.18. The van der Waals surface area contributed by atoms with Gasteiger partial charge in [0.05, 0.1) is 23.9 Å². The number of benzene rings is 1. The zero-order chi connectivity index (χ0) is 12.0. The van der Waals surface area contributed by atoms with E-state index in [-0.39, 0.29) is 17.3 Å². The average molecular weight is 267 g/mol. The molecule has 0 radical (unpaired) electrons. The van der Waals surface area contributed by atoms with Gasteiger partial charge in [0.25, 0.3) is 0 Å². The van der Waals surface area contributed by atoms with E-state index in [1.54, 1.807) is 0 Å². The molecule has 0 amide bonds. The van der Waals surface area contributed by atoms with Crippen molar-refractivity contribution in [2.75, 3.05) is 24.8 Å². The zero-order valence-electron chi connectivity index (χ0n) is 8.53. The van der Waals surface area contributed by atoms with E-state index in [4.69, 9.17) is 16.3 Å². The smallest absolute Gasteiger partial charge is 0.180 e. The molecule has 0 aliphatic rings. The highest BCUT2D eigenvalue weighted by molar-refractivity contribution is 7.91. The van der Waals surface area contributed by atoms with Crippen LogP contribution in [0.25, 0.3) is 0 Å². The summed E-state index contributed by atoms with van der Waals surface area (Å²) in [6, 6.07) is 4.72. The summed E-state index contributed by atoms with van der Waals surface area (Å²) in [4.78, 5) is 0.100. The van der Waals surface area contributed by atoms with Crippen molar-refractivity contribution >= 4 is 21.4 Å². The van der Waals surface area contributed by atoms with Crippen LogP contribution in [0, 0.1) is 5.82 Å². The van der Waals surface area contributed by atoms with E-state index in [2.05, 4.69) is 0 Å². The van der Waals surface area contributed by atoms with Crippen LogP contribution in [0.2, 0.25) is 0 Å². The third kappa shape index (κ3) is 4.08. The van der Waals surface area contributed by atoms with E-state index in [1.165, 1.54) is 12.1 Å². The van der Waals surface area contributed by atoms with E-state index in [1.807, 2.05) is 0 Å². The van der Waals surface area contributed by atoms with Gasteiger partial charge in [0.2, 0.25) is 0 Å². The largest absolute Gasteiger partial charge is 0.379 e. The lowest BCUT2D eigenvalue weighted by molar-refractivity contribution is 0.165. The first-order chi connectivity index (χ1) is 7.56. The van der Waals surface area contributed by atoms with Crippen LogP contribution in [0.15, 0.2) is 29.2 Å². The molecule has 0 bridgehead atoms. The van der Waals surface area contributed by atoms with Crippen LogP contribution >= 0.6 is 11.6 Å². The summed E-state index contributed by atoms with van der Waals surface area (Å²) in [5.74, 6) is -0.260. The SMILES string of the molecule is O=S(=O)(CCOCCCl)c1ccc(F)cc1. The molecule has 1 aromatic carbocycles. The Hall–Kier alpha value is -0.650. The van der Waals surface area contributed by atoms with Gasteiger partial charge in [0, 0.05) is 5.88 Å². The lowest BCUT2D eigenvalue weighted by Crippen LogP contribution is -2.13. The molecule has 1 rings (SSSR count). The van der Waals surface area contributed by atoms with Crippen LogP contribution in [0.5, 0.6) is 0 Å². The van der Waals surface area contributed by atoms with Crippen molar-refractivity contribution in [1.82, 2.24) is 0 Å². The van der Waals surface area contributed by atoms with Crippen LogP contribution in [-0.4, -0.2) is 33.3 Å². The maximum atomic E-state index is 12.6. The molecule has 0 fully saturated rings. The van der Waals surface area contributed by atoms with E-state index in [0.29, 0.717) is 12.5 Å². The molecule has 0 spiro atoms. The van der Waals surface area contributed by atoms with Gasteiger partial charge < -0.3 is 4.74 Å². The maximum Gasteiger partial charge on any atom is 0.180 e. The Balaban J connectivity index is 2.60. The van der Waals surface area contributed by atoms with Gasteiger partial charge in [-0.25, -0.2) is 12.8 Å². The van der Waals surface area contributed by atoms with Gasteiger partial charge in [-0.3, -0.25) is 0 Å². The molecule has 0 atom stereocenters. The summed E-state index contributed by atoms with van der Waals surface area (Å²) in [5, 5.41) is 0. The van der Waals surface area contributed by atoms with Crippen LogP contribution < -0.4 is 0 Å². The molecule has 0 aliphatic heterocycles. The zero-order valence-corrected chi connectivity index (χ0v) is 10.1. The molecule has 1 aromatic rings. The number of ether oxygens (including phenoxy) is 1. The van der Waals surface area contributed by atoms with Crippen molar-refractivity contribution in [3.05, 3.63) is 30.1 Å². The molecule has 6 heteroatoms. The Morgan fingerprint density at radius 2 is 1.81 bits per heavy atom. The first kappa shape index (κ1) is 13.4. The van der Waals surface area contributed by atoms with Crippen LogP contribution in [-0.2, 0) is 14.6 Å². The van der Waals surface area contributed by atoms with Crippen LogP contribution in [0.1, 0.15) is 0 Å².